The third kappa shape index (κ3) is 5.03. The second-order valence-corrected chi connectivity index (χ2v) is 8.99. The number of nitro groups is 1. The third-order valence-electron chi connectivity index (χ3n) is 5.73. The van der Waals surface area contributed by atoms with Crippen molar-refractivity contribution in [2.45, 2.75) is 20.5 Å². The molecule has 1 aliphatic rings. The molecule has 0 aliphatic carbocycles. The van der Waals surface area contributed by atoms with Crippen molar-refractivity contribution in [3.63, 3.8) is 0 Å². The van der Waals surface area contributed by atoms with Crippen LogP contribution in [-0.2, 0) is 16.2 Å². The minimum Gasteiger partial charge on any atom is -0.488 e. The van der Waals surface area contributed by atoms with Gasteiger partial charge >= 0.3 is 6.03 Å². The predicted molar refractivity (Wildman–Crippen MR) is 136 cm³/mol. The molecule has 1 saturated heterocycles. The van der Waals surface area contributed by atoms with E-state index in [9.17, 15) is 24.5 Å². The van der Waals surface area contributed by atoms with E-state index in [-0.39, 0.29) is 17.9 Å². The van der Waals surface area contributed by atoms with Gasteiger partial charge in [-0.3, -0.25) is 25.0 Å². The average Bonchev–Trinajstić information content (AvgIpc) is 2.84. The van der Waals surface area contributed by atoms with E-state index in [4.69, 9.17) is 4.74 Å². The lowest BCUT2D eigenvalue weighted by Gasteiger charge is -2.28. The van der Waals surface area contributed by atoms with Crippen molar-refractivity contribution in [3.05, 3.63) is 103 Å². The van der Waals surface area contributed by atoms with E-state index in [1.165, 1.54) is 18.2 Å². The van der Waals surface area contributed by atoms with Crippen LogP contribution in [0.5, 0.6) is 5.75 Å². The Balaban J connectivity index is 1.66. The number of hydrogen-bond acceptors (Lipinski definition) is 6. The second-order valence-electron chi connectivity index (χ2n) is 8.07. The normalized spacial score (nSPS) is 14.7. The number of nitrogens with zero attached hydrogens (tertiary/aromatic N) is 2. The summed E-state index contributed by atoms with van der Waals surface area (Å²) in [5.41, 5.74) is 2.89. The summed E-state index contributed by atoms with van der Waals surface area (Å²) in [4.78, 5) is 49.9. The third-order valence-corrected chi connectivity index (χ3v) is 6.23. The lowest BCUT2D eigenvalue weighted by Crippen LogP contribution is -2.54. The van der Waals surface area contributed by atoms with Crippen LogP contribution in [0, 0.1) is 24.0 Å². The van der Waals surface area contributed by atoms with Crippen molar-refractivity contribution in [1.29, 1.82) is 0 Å². The van der Waals surface area contributed by atoms with Crippen molar-refractivity contribution in [2.75, 3.05) is 4.90 Å². The number of aryl methyl sites for hydroxylation is 1. The van der Waals surface area contributed by atoms with Gasteiger partial charge < -0.3 is 4.74 Å². The van der Waals surface area contributed by atoms with Crippen LogP contribution in [-0.4, -0.2) is 22.8 Å². The number of nitrogens with one attached hydrogen (secondary N) is 1. The average molecular weight is 550 g/mol. The number of hydrogen-bond donors (Lipinski definition) is 1. The molecule has 4 amide bonds. The van der Waals surface area contributed by atoms with Crippen molar-refractivity contribution in [3.8, 4) is 5.75 Å². The molecule has 0 saturated carbocycles. The van der Waals surface area contributed by atoms with E-state index < -0.39 is 22.8 Å². The van der Waals surface area contributed by atoms with Gasteiger partial charge in [0, 0.05) is 22.2 Å². The summed E-state index contributed by atoms with van der Waals surface area (Å²) in [5.74, 6) is -1.19. The number of rotatable bonds is 6. The molecule has 1 N–H and O–H groups in total. The lowest BCUT2D eigenvalue weighted by atomic mass is 10.0. The Morgan fingerprint density at radius 3 is 2.47 bits per heavy atom. The molecule has 36 heavy (non-hydrogen) atoms. The Hall–Kier alpha value is -4.31. The number of halogens is 1. The maximum absolute atomic E-state index is 13.3. The van der Waals surface area contributed by atoms with Crippen LogP contribution in [0.15, 0.2) is 70.7 Å². The topological polar surface area (TPSA) is 119 Å². The highest BCUT2D eigenvalue weighted by Gasteiger charge is 2.37. The molecule has 0 unspecified atom stereocenters. The van der Waals surface area contributed by atoms with Crippen LogP contribution in [0.2, 0.25) is 0 Å². The van der Waals surface area contributed by atoms with Gasteiger partial charge in [0.15, 0.2) is 0 Å². The summed E-state index contributed by atoms with van der Waals surface area (Å²) >= 11 is 3.39. The van der Waals surface area contributed by atoms with Crippen LogP contribution in [0.4, 0.5) is 16.2 Å². The molecule has 4 rings (SSSR count). The Kier molecular flexibility index (Phi) is 6.98. The van der Waals surface area contributed by atoms with Gasteiger partial charge in [-0.15, -0.1) is 0 Å². The fourth-order valence-corrected chi connectivity index (χ4v) is 4.03. The molecule has 1 fully saturated rings. The molecule has 0 atom stereocenters. The summed E-state index contributed by atoms with van der Waals surface area (Å²) in [6, 6.07) is 15.4. The molecule has 10 heteroatoms. The van der Waals surface area contributed by atoms with Crippen molar-refractivity contribution >= 4 is 51.2 Å². The van der Waals surface area contributed by atoms with Crippen LogP contribution >= 0.6 is 15.9 Å². The number of nitro benzene ring substituents is 1. The van der Waals surface area contributed by atoms with Crippen molar-refractivity contribution in [2.24, 2.45) is 0 Å². The zero-order valence-electron chi connectivity index (χ0n) is 19.3. The minimum absolute atomic E-state index is 0.0300. The van der Waals surface area contributed by atoms with Crippen LogP contribution < -0.4 is 15.0 Å². The summed E-state index contributed by atoms with van der Waals surface area (Å²) in [5, 5.41) is 13.1. The molecule has 0 radical (unpaired) electrons. The number of barbiturate groups is 1. The van der Waals surface area contributed by atoms with Gasteiger partial charge in [0.25, 0.3) is 17.5 Å². The van der Waals surface area contributed by atoms with Gasteiger partial charge in [-0.25, -0.2) is 9.69 Å². The number of benzene rings is 3. The first-order valence-electron chi connectivity index (χ1n) is 10.8. The first kappa shape index (κ1) is 24.8. The van der Waals surface area contributed by atoms with Crippen LogP contribution in [0.1, 0.15) is 22.3 Å². The van der Waals surface area contributed by atoms with Gasteiger partial charge in [-0.05, 0) is 73.0 Å². The molecule has 1 heterocycles. The highest BCUT2D eigenvalue weighted by atomic mass is 79.9. The van der Waals surface area contributed by atoms with E-state index in [0.717, 1.165) is 16.0 Å². The predicted octanol–water partition coefficient (Wildman–Crippen LogP) is 5.22. The molecule has 0 aromatic heterocycles. The number of anilines is 1. The summed E-state index contributed by atoms with van der Waals surface area (Å²) in [6.07, 6.45) is 1.37. The molecule has 182 valence electrons. The van der Waals surface area contributed by atoms with Crippen molar-refractivity contribution < 1.29 is 24.0 Å². The number of carbonyl (C=O) groups excluding carboxylic acids is 3. The Labute approximate surface area is 214 Å². The number of imide groups is 2. The quantitative estimate of drug-likeness (QED) is 0.195. The van der Waals surface area contributed by atoms with Gasteiger partial charge in [-0.2, -0.15) is 0 Å². The first-order chi connectivity index (χ1) is 17.2. The highest BCUT2D eigenvalue weighted by Crippen LogP contribution is 2.30. The number of carbonyl (C=O) groups is 3. The Morgan fingerprint density at radius 1 is 1.06 bits per heavy atom. The maximum Gasteiger partial charge on any atom is 0.335 e. The van der Waals surface area contributed by atoms with E-state index in [2.05, 4.69) is 21.2 Å². The summed E-state index contributed by atoms with van der Waals surface area (Å²) in [6.45, 7) is 3.76. The molecule has 1 aliphatic heterocycles. The largest absolute Gasteiger partial charge is 0.488 e. The van der Waals surface area contributed by atoms with Crippen LogP contribution in [0.25, 0.3) is 6.08 Å². The molecule has 3 aromatic carbocycles. The highest BCUT2D eigenvalue weighted by molar-refractivity contribution is 9.10. The molecular weight excluding hydrogens is 530 g/mol. The number of urea groups is 1. The van der Waals surface area contributed by atoms with Gasteiger partial charge in [0.2, 0.25) is 0 Å². The minimum atomic E-state index is -0.820. The van der Waals surface area contributed by atoms with Crippen molar-refractivity contribution in [1.82, 2.24) is 5.32 Å². The first-order valence-corrected chi connectivity index (χ1v) is 11.6. The fraction of sp³-hybridized carbons (Fsp3) is 0.115. The SMILES string of the molecule is Cc1cccc(N2C(=O)NC(=O)/C(=C\c3cc(Br)ccc3OCc3ccc([N+](=O)[O-])cc3)C2=O)c1C. The molecule has 9 nitrogen and oxygen atoms in total. The molecule has 0 spiro atoms. The number of ether oxygens (including phenoxy) is 1. The Morgan fingerprint density at radius 2 is 1.78 bits per heavy atom. The maximum atomic E-state index is 13.3. The zero-order valence-corrected chi connectivity index (χ0v) is 20.9. The molecular formula is C26H20BrN3O6. The lowest BCUT2D eigenvalue weighted by molar-refractivity contribution is -0.384. The van der Waals surface area contributed by atoms with E-state index >= 15 is 0 Å². The fourth-order valence-electron chi connectivity index (χ4n) is 3.65. The summed E-state index contributed by atoms with van der Waals surface area (Å²) in [7, 11) is 0. The van der Waals surface area contributed by atoms with E-state index in [1.54, 1.807) is 49.4 Å². The van der Waals surface area contributed by atoms with Gasteiger partial charge in [-0.1, -0.05) is 28.1 Å². The number of amides is 4. The standard InChI is InChI=1S/C26H20BrN3O6/c1-15-4-3-5-22(16(15)2)29-25(32)21(24(31)28-26(29)33)13-18-12-19(27)8-11-23(18)36-14-17-6-9-20(10-7-17)30(34)35/h3-13H,14H2,1-2H3,(H,28,31,33)/b21-13+. The smallest absolute Gasteiger partial charge is 0.335 e. The Bertz CT molecular complexity index is 1430. The van der Waals surface area contributed by atoms with Crippen LogP contribution in [0.3, 0.4) is 0 Å². The van der Waals surface area contributed by atoms with Gasteiger partial charge in [0.1, 0.15) is 17.9 Å². The monoisotopic (exact) mass is 549 g/mol. The van der Waals surface area contributed by atoms with E-state index in [0.29, 0.717) is 27.0 Å². The summed E-state index contributed by atoms with van der Waals surface area (Å²) < 4.78 is 6.58. The zero-order chi connectivity index (χ0) is 26.0. The molecule has 0 bridgehead atoms. The number of non-ortho nitro benzene ring substituents is 1. The van der Waals surface area contributed by atoms with E-state index in [1.807, 2.05) is 13.0 Å². The van der Waals surface area contributed by atoms with Gasteiger partial charge in [0.05, 0.1) is 10.6 Å². The second kappa shape index (κ2) is 10.1. The molecule has 3 aromatic rings.